The van der Waals surface area contributed by atoms with Crippen LogP contribution in [0, 0.1) is 0 Å². The Balaban J connectivity index is 1.67. The molecule has 0 saturated carbocycles. The fraction of sp³-hybridized carbons (Fsp3) is 0.455. The predicted molar refractivity (Wildman–Crippen MR) is 104 cm³/mol. The molecule has 9 heteroatoms. The number of aliphatic hydroxyl groups excluding tert-OH is 4. The van der Waals surface area contributed by atoms with Gasteiger partial charge in [0.05, 0.1) is 18.2 Å². The van der Waals surface area contributed by atoms with Crippen LogP contribution in [0.5, 0.6) is 0 Å². The fourth-order valence-corrected chi connectivity index (χ4v) is 4.29. The first-order valence-corrected chi connectivity index (χ1v) is 10.0. The van der Waals surface area contributed by atoms with Crippen LogP contribution in [0.3, 0.4) is 0 Å². The van der Waals surface area contributed by atoms with Crippen LogP contribution in [0.25, 0.3) is 0 Å². The molecule has 2 aromatic carbocycles. The first-order valence-electron chi connectivity index (χ1n) is 10.0. The van der Waals surface area contributed by atoms with Crippen LogP contribution in [0.1, 0.15) is 40.0 Å². The van der Waals surface area contributed by atoms with E-state index >= 15 is 0 Å². The molecule has 0 amide bonds. The van der Waals surface area contributed by atoms with E-state index in [1.165, 1.54) is 12.1 Å². The quantitative estimate of drug-likeness (QED) is 0.496. The number of alkyl halides is 3. The Bertz CT molecular complexity index is 918. The van der Waals surface area contributed by atoms with Gasteiger partial charge in [-0.05, 0) is 40.8 Å². The molecule has 0 bridgehead atoms. The van der Waals surface area contributed by atoms with Gasteiger partial charge >= 0.3 is 6.18 Å². The van der Waals surface area contributed by atoms with Crippen molar-refractivity contribution >= 4 is 0 Å². The molecule has 6 atom stereocenters. The van der Waals surface area contributed by atoms with Crippen molar-refractivity contribution in [1.82, 2.24) is 5.32 Å². The van der Waals surface area contributed by atoms with Gasteiger partial charge in [-0.1, -0.05) is 30.3 Å². The van der Waals surface area contributed by atoms with Gasteiger partial charge in [-0.3, -0.25) is 0 Å². The van der Waals surface area contributed by atoms with Crippen molar-refractivity contribution in [2.75, 3.05) is 13.2 Å². The standard InChI is InChI=1S/C22H24F3NO5/c23-22(24,25)14-5-3-12(4-6-14)17-15-9-13(2-1-11(15)7-8-26-17)21-20(30)19(29)18(28)16(10-27)31-21/h1-6,9,16-21,26-30H,7-8,10H2/t16-,17+,18-,19+,20-,21+/m1/s1. The van der Waals surface area contributed by atoms with E-state index in [-0.39, 0.29) is 6.04 Å². The third-order valence-corrected chi connectivity index (χ3v) is 6.02. The highest BCUT2D eigenvalue weighted by atomic mass is 19.4. The van der Waals surface area contributed by atoms with Crippen molar-refractivity contribution in [3.8, 4) is 0 Å². The summed E-state index contributed by atoms with van der Waals surface area (Å²) >= 11 is 0. The number of nitrogens with one attached hydrogen (secondary N) is 1. The number of hydrogen-bond acceptors (Lipinski definition) is 6. The van der Waals surface area contributed by atoms with Gasteiger partial charge in [0.25, 0.3) is 0 Å². The smallest absolute Gasteiger partial charge is 0.394 e. The molecule has 2 aromatic rings. The Morgan fingerprint density at radius 2 is 1.61 bits per heavy atom. The van der Waals surface area contributed by atoms with Crippen LogP contribution >= 0.6 is 0 Å². The van der Waals surface area contributed by atoms with Crippen molar-refractivity contribution < 1.29 is 38.3 Å². The summed E-state index contributed by atoms with van der Waals surface area (Å²) in [7, 11) is 0. The second-order valence-electron chi connectivity index (χ2n) is 7.96. The van der Waals surface area contributed by atoms with Gasteiger partial charge in [-0.25, -0.2) is 0 Å². The number of fused-ring (bicyclic) bond motifs is 1. The lowest BCUT2D eigenvalue weighted by Crippen LogP contribution is -2.55. The maximum absolute atomic E-state index is 12.9. The maximum Gasteiger partial charge on any atom is 0.416 e. The molecule has 0 spiro atoms. The highest BCUT2D eigenvalue weighted by molar-refractivity contribution is 5.43. The van der Waals surface area contributed by atoms with Crippen molar-refractivity contribution in [1.29, 1.82) is 0 Å². The number of halogens is 3. The average molecular weight is 439 g/mol. The summed E-state index contributed by atoms with van der Waals surface area (Å²) < 4.78 is 44.4. The van der Waals surface area contributed by atoms with Gasteiger partial charge in [0, 0.05) is 6.54 Å². The minimum Gasteiger partial charge on any atom is -0.394 e. The fourth-order valence-electron chi connectivity index (χ4n) is 4.29. The number of hydrogen-bond donors (Lipinski definition) is 5. The second-order valence-corrected chi connectivity index (χ2v) is 7.96. The predicted octanol–water partition coefficient (Wildman–Crippen LogP) is 1.46. The summed E-state index contributed by atoms with van der Waals surface area (Å²) in [5.41, 5.74) is 2.33. The van der Waals surface area contributed by atoms with E-state index in [2.05, 4.69) is 5.32 Å². The normalized spacial score (nSPS) is 31.3. The lowest BCUT2D eigenvalue weighted by molar-refractivity contribution is -0.231. The lowest BCUT2D eigenvalue weighted by atomic mass is 9.85. The van der Waals surface area contributed by atoms with E-state index in [4.69, 9.17) is 4.74 Å². The zero-order chi connectivity index (χ0) is 22.3. The van der Waals surface area contributed by atoms with Crippen LogP contribution in [0.15, 0.2) is 42.5 Å². The van der Waals surface area contributed by atoms with Gasteiger partial charge in [0.2, 0.25) is 0 Å². The van der Waals surface area contributed by atoms with Crippen LogP contribution in [-0.4, -0.2) is 58.0 Å². The summed E-state index contributed by atoms with van der Waals surface area (Å²) in [4.78, 5) is 0. The number of rotatable bonds is 3. The summed E-state index contributed by atoms with van der Waals surface area (Å²) in [6.07, 6.45) is -10.0. The third-order valence-electron chi connectivity index (χ3n) is 6.02. The molecule has 5 N–H and O–H groups in total. The van der Waals surface area contributed by atoms with E-state index in [9.17, 15) is 33.6 Å². The van der Waals surface area contributed by atoms with Crippen LogP contribution < -0.4 is 5.32 Å². The molecule has 2 aliphatic rings. The lowest BCUT2D eigenvalue weighted by Gasteiger charge is -2.40. The monoisotopic (exact) mass is 439 g/mol. The van der Waals surface area contributed by atoms with Crippen molar-refractivity contribution in [2.45, 2.75) is 49.2 Å². The summed E-state index contributed by atoms with van der Waals surface area (Å²) in [6.45, 7) is 0.125. The SMILES string of the molecule is OC[C@H]1O[C@@H](c2ccc3c(c2)[C@H](c2ccc(C(F)(F)F)cc2)NCC3)[C@H](O)[C@@H](O)[C@@H]1O. The van der Waals surface area contributed by atoms with Crippen molar-refractivity contribution in [3.63, 3.8) is 0 Å². The van der Waals surface area contributed by atoms with E-state index in [1.807, 2.05) is 6.07 Å². The van der Waals surface area contributed by atoms with E-state index in [0.29, 0.717) is 17.7 Å². The third kappa shape index (κ3) is 4.21. The van der Waals surface area contributed by atoms with Crippen molar-refractivity contribution in [3.05, 3.63) is 70.3 Å². The summed E-state index contributed by atoms with van der Waals surface area (Å²) in [5.74, 6) is 0. The minimum atomic E-state index is -4.41. The first-order chi connectivity index (χ1) is 14.7. The topological polar surface area (TPSA) is 102 Å². The van der Waals surface area contributed by atoms with Crippen LogP contribution in [0.4, 0.5) is 13.2 Å². The maximum atomic E-state index is 12.9. The number of ether oxygens (including phenoxy) is 1. The molecule has 31 heavy (non-hydrogen) atoms. The van der Waals surface area contributed by atoms with Gasteiger partial charge in [0.15, 0.2) is 0 Å². The molecular formula is C22H24F3NO5. The molecule has 6 nitrogen and oxygen atoms in total. The highest BCUT2D eigenvalue weighted by Gasteiger charge is 2.44. The molecule has 0 unspecified atom stereocenters. The van der Waals surface area contributed by atoms with Crippen molar-refractivity contribution in [2.24, 2.45) is 0 Å². The van der Waals surface area contributed by atoms with Crippen LogP contribution in [-0.2, 0) is 17.3 Å². The Labute approximate surface area is 176 Å². The number of benzene rings is 2. The zero-order valence-electron chi connectivity index (χ0n) is 16.5. The molecule has 2 aliphatic heterocycles. The van der Waals surface area contributed by atoms with E-state index in [0.717, 1.165) is 29.7 Å². The average Bonchev–Trinajstić information content (AvgIpc) is 2.76. The Morgan fingerprint density at radius 1 is 0.935 bits per heavy atom. The van der Waals surface area contributed by atoms with Gasteiger partial charge in [-0.2, -0.15) is 13.2 Å². The molecule has 1 fully saturated rings. The largest absolute Gasteiger partial charge is 0.416 e. The first kappa shape index (κ1) is 22.2. The second kappa shape index (κ2) is 8.50. The van der Waals surface area contributed by atoms with Gasteiger partial charge in [0.1, 0.15) is 30.5 Å². The van der Waals surface area contributed by atoms with Crippen LogP contribution in [0.2, 0.25) is 0 Å². The van der Waals surface area contributed by atoms with E-state index in [1.54, 1.807) is 12.1 Å². The van der Waals surface area contributed by atoms with Gasteiger partial charge in [-0.15, -0.1) is 0 Å². The zero-order valence-corrected chi connectivity index (χ0v) is 16.5. The Morgan fingerprint density at radius 3 is 2.26 bits per heavy atom. The molecule has 0 radical (unpaired) electrons. The number of aliphatic hydroxyl groups is 4. The molecule has 4 rings (SSSR count). The van der Waals surface area contributed by atoms with E-state index < -0.39 is 48.9 Å². The summed E-state index contributed by atoms with van der Waals surface area (Å²) in [6, 6.07) is 10.0. The summed E-state index contributed by atoms with van der Waals surface area (Å²) in [5, 5.41) is 43.3. The highest BCUT2D eigenvalue weighted by Crippen LogP contribution is 2.37. The molecule has 2 heterocycles. The minimum absolute atomic E-state index is 0.351. The molecule has 1 saturated heterocycles. The molecular weight excluding hydrogens is 415 g/mol. The molecule has 0 aliphatic carbocycles. The van der Waals surface area contributed by atoms with Gasteiger partial charge < -0.3 is 30.5 Å². The molecule has 168 valence electrons. The molecule has 0 aromatic heterocycles. The Hall–Kier alpha value is -2.01. The Kier molecular flexibility index (Phi) is 6.08.